The van der Waals surface area contributed by atoms with Gasteiger partial charge in [-0.3, -0.25) is 10.1 Å². The molecule has 0 aromatic carbocycles. The molecule has 0 fully saturated rings. The van der Waals surface area contributed by atoms with Gasteiger partial charge in [-0.25, -0.2) is 4.98 Å². The Labute approximate surface area is 97.3 Å². The highest BCUT2D eigenvalue weighted by atomic mass is 35.5. The number of nitrogens with zero attached hydrogens (tertiary/aromatic N) is 1. The predicted molar refractivity (Wildman–Crippen MR) is 60.3 cm³/mol. The SMILES string of the molecule is CCCC(NCc1ncc(Cl)s1)C(=O)O. The van der Waals surface area contributed by atoms with E-state index in [-0.39, 0.29) is 0 Å². The van der Waals surface area contributed by atoms with E-state index in [0.29, 0.717) is 17.3 Å². The molecule has 0 bridgehead atoms. The molecule has 0 aliphatic heterocycles. The third-order valence-electron chi connectivity index (χ3n) is 1.90. The fourth-order valence-electron chi connectivity index (χ4n) is 1.18. The van der Waals surface area contributed by atoms with Crippen LogP contribution in [0.5, 0.6) is 0 Å². The number of rotatable bonds is 6. The van der Waals surface area contributed by atoms with Crippen LogP contribution in [-0.4, -0.2) is 22.1 Å². The summed E-state index contributed by atoms with van der Waals surface area (Å²) in [4.78, 5) is 14.8. The summed E-state index contributed by atoms with van der Waals surface area (Å²) in [6, 6.07) is -0.502. The van der Waals surface area contributed by atoms with Crippen molar-refractivity contribution in [1.29, 1.82) is 0 Å². The van der Waals surface area contributed by atoms with Crippen LogP contribution in [-0.2, 0) is 11.3 Å². The van der Waals surface area contributed by atoms with Crippen molar-refractivity contribution in [1.82, 2.24) is 10.3 Å². The van der Waals surface area contributed by atoms with Crippen LogP contribution in [0.15, 0.2) is 6.20 Å². The van der Waals surface area contributed by atoms with E-state index in [1.807, 2.05) is 6.92 Å². The second kappa shape index (κ2) is 6.05. The van der Waals surface area contributed by atoms with Crippen LogP contribution in [0, 0.1) is 0 Å². The van der Waals surface area contributed by atoms with Crippen molar-refractivity contribution in [3.63, 3.8) is 0 Å². The Morgan fingerprint density at radius 3 is 3.00 bits per heavy atom. The van der Waals surface area contributed by atoms with E-state index in [1.165, 1.54) is 11.3 Å². The third-order valence-corrected chi connectivity index (χ3v) is 3.02. The largest absolute Gasteiger partial charge is 0.480 e. The average molecular weight is 249 g/mol. The number of nitrogens with one attached hydrogen (secondary N) is 1. The Kier molecular flexibility index (Phi) is 5.01. The predicted octanol–water partition coefficient (Wildman–Crippen LogP) is 2.14. The van der Waals surface area contributed by atoms with E-state index in [9.17, 15) is 4.79 Å². The molecule has 0 saturated carbocycles. The number of halogens is 1. The number of hydrogen-bond acceptors (Lipinski definition) is 4. The molecule has 0 saturated heterocycles. The lowest BCUT2D eigenvalue weighted by Gasteiger charge is -2.11. The molecule has 15 heavy (non-hydrogen) atoms. The molecule has 1 heterocycles. The van der Waals surface area contributed by atoms with E-state index in [4.69, 9.17) is 16.7 Å². The Morgan fingerprint density at radius 1 is 1.80 bits per heavy atom. The normalized spacial score (nSPS) is 12.7. The summed E-state index contributed by atoms with van der Waals surface area (Å²) >= 11 is 7.07. The molecule has 0 aliphatic carbocycles. The average Bonchev–Trinajstić information content (AvgIpc) is 2.58. The van der Waals surface area contributed by atoms with E-state index in [2.05, 4.69) is 10.3 Å². The molecule has 1 aromatic rings. The first-order valence-corrected chi connectivity index (χ1v) is 5.89. The highest BCUT2D eigenvalue weighted by molar-refractivity contribution is 7.15. The van der Waals surface area contributed by atoms with Gasteiger partial charge >= 0.3 is 5.97 Å². The van der Waals surface area contributed by atoms with E-state index < -0.39 is 12.0 Å². The van der Waals surface area contributed by atoms with Crippen LogP contribution in [0.1, 0.15) is 24.8 Å². The first-order chi connectivity index (χ1) is 7.13. The molecule has 1 rings (SSSR count). The fourth-order valence-corrected chi connectivity index (χ4v) is 2.09. The van der Waals surface area contributed by atoms with Gasteiger partial charge in [0.05, 0.1) is 6.20 Å². The van der Waals surface area contributed by atoms with Crippen molar-refractivity contribution < 1.29 is 9.90 Å². The lowest BCUT2D eigenvalue weighted by Crippen LogP contribution is -2.35. The number of hydrogen-bond donors (Lipinski definition) is 2. The summed E-state index contributed by atoms with van der Waals surface area (Å²) in [6.07, 6.45) is 3.02. The van der Waals surface area contributed by atoms with Crippen molar-refractivity contribution in [2.75, 3.05) is 0 Å². The minimum atomic E-state index is -0.820. The molecule has 0 amide bonds. The maximum atomic E-state index is 10.8. The summed E-state index contributed by atoms with van der Waals surface area (Å²) in [5, 5.41) is 12.6. The second-order valence-electron chi connectivity index (χ2n) is 3.12. The summed E-state index contributed by atoms with van der Waals surface area (Å²) in [6.45, 7) is 2.41. The molecule has 4 nitrogen and oxygen atoms in total. The maximum absolute atomic E-state index is 10.8. The number of carbonyl (C=O) groups is 1. The quantitative estimate of drug-likeness (QED) is 0.810. The van der Waals surface area contributed by atoms with Crippen molar-refractivity contribution in [3.8, 4) is 0 Å². The zero-order chi connectivity index (χ0) is 11.3. The smallest absolute Gasteiger partial charge is 0.320 e. The number of aliphatic carboxylic acids is 1. The van der Waals surface area contributed by atoms with Crippen LogP contribution < -0.4 is 5.32 Å². The van der Waals surface area contributed by atoms with Gasteiger partial charge in [0.1, 0.15) is 15.4 Å². The van der Waals surface area contributed by atoms with Crippen molar-refractivity contribution in [2.45, 2.75) is 32.4 Å². The van der Waals surface area contributed by atoms with Gasteiger partial charge in [0.2, 0.25) is 0 Å². The minimum absolute atomic E-state index is 0.453. The first kappa shape index (κ1) is 12.4. The molecular weight excluding hydrogens is 236 g/mol. The monoisotopic (exact) mass is 248 g/mol. The molecule has 1 atom stereocenters. The van der Waals surface area contributed by atoms with E-state index in [1.54, 1.807) is 6.20 Å². The van der Waals surface area contributed by atoms with Crippen LogP contribution in [0.4, 0.5) is 0 Å². The molecule has 1 unspecified atom stereocenters. The molecule has 0 spiro atoms. The summed E-state index contributed by atoms with van der Waals surface area (Å²) < 4.78 is 0.620. The molecular formula is C9H13ClN2O2S. The summed E-state index contributed by atoms with van der Waals surface area (Å²) in [7, 11) is 0. The van der Waals surface area contributed by atoms with Crippen molar-refractivity contribution in [3.05, 3.63) is 15.5 Å². The van der Waals surface area contributed by atoms with Gasteiger partial charge in [-0.1, -0.05) is 24.9 Å². The lowest BCUT2D eigenvalue weighted by molar-refractivity contribution is -0.139. The van der Waals surface area contributed by atoms with Crippen molar-refractivity contribution in [2.24, 2.45) is 0 Å². The van der Waals surface area contributed by atoms with Gasteiger partial charge < -0.3 is 5.11 Å². The Hall–Kier alpha value is -0.650. The maximum Gasteiger partial charge on any atom is 0.320 e. The number of carboxylic acids is 1. The summed E-state index contributed by atoms with van der Waals surface area (Å²) in [5.41, 5.74) is 0. The van der Waals surface area contributed by atoms with Crippen LogP contribution in [0.2, 0.25) is 4.34 Å². The van der Waals surface area contributed by atoms with Crippen molar-refractivity contribution >= 4 is 28.9 Å². The standard InChI is InChI=1S/C9H13ClN2O2S/c1-2-3-6(9(13)14)11-5-8-12-4-7(10)15-8/h4,6,11H,2-3,5H2,1H3,(H,13,14). The number of thiazole rings is 1. The topological polar surface area (TPSA) is 62.2 Å². The van der Waals surface area contributed by atoms with Gasteiger partial charge in [-0.05, 0) is 6.42 Å². The highest BCUT2D eigenvalue weighted by Crippen LogP contribution is 2.18. The Bertz CT molecular complexity index is 330. The van der Waals surface area contributed by atoms with Gasteiger partial charge in [0.25, 0.3) is 0 Å². The molecule has 84 valence electrons. The molecule has 0 aliphatic rings. The zero-order valence-corrected chi connectivity index (χ0v) is 9.94. The fraction of sp³-hybridized carbons (Fsp3) is 0.556. The Balaban J connectivity index is 2.43. The molecule has 6 heteroatoms. The molecule has 0 radical (unpaired) electrons. The van der Waals surface area contributed by atoms with E-state index >= 15 is 0 Å². The Morgan fingerprint density at radius 2 is 2.53 bits per heavy atom. The van der Waals surface area contributed by atoms with Crippen LogP contribution >= 0.6 is 22.9 Å². The van der Waals surface area contributed by atoms with E-state index in [0.717, 1.165) is 11.4 Å². The van der Waals surface area contributed by atoms with Crippen LogP contribution in [0.25, 0.3) is 0 Å². The summed E-state index contributed by atoms with van der Waals surface area (Å²) in [5.74, 6) is -0.820. The zero-order valence-electron chi connectivity index (χ0n) is 8.36. The highest BCUT2D eigenvalue weighted by Gasteiger charge is 2.15. The van der Waals surface area contributed by atoms with Gasteiger partial charge in [0.15, 0.2) is 0 Å². The lowest BCUT2D eigenvalue weighted by atomic mass is 10.2. The van der Waals surface area contributed by atoms with Gasteiger partial charge in [-0.15, -0.1) is 11.3 Å². The first-order valence-electron chi connectivity index (χ1n) is 4.70. The third kappa shape index (κ3) is 4.15. The molecule has 2 N–H and O–H groups in total. The minimum Gasteiger partial charge on any atom is -0.480 e. The van der Waals surface area contributed by atoms with Gasteiger partial charge in [0, 0.05) is 6.54 Å². The van der Waals surface area contributed by atoms with Gasteiger partial charge in [-0.2, -0.15) is 0 Å². The second-order valence-corrected chi connectivity index (χ2v) is 4.87. The molecule has 1 aromatic heterocycles. The van der Waals surface area contributed by atoms with Crippen LogP contribution in [0.3, 0.4) is 0 Å². The number of aromatic nitrogens is 1. The number of carboxylic acid groups (broad SMARTS) is 1.